The predicted molar refractivity (Wildman–Crippen MR) is 63.0 cm³/mol. The van der Waals surface area contributed by atoms with Crippen molar-refractivity contribution < 1.29 is 17.9 Å². The van der Waals surface area contributed by atoms with Crippen molar-refractivity contribution in [2.45, 2.75) is 44.7 Å². The van der Waals surface area contributed by atoms with Crippen molar-refractivity contribution in [3.05, 3.63) is 0 Å². The molecule has 2 fully saturated rings. The summed E-state index contributed by atoms with van der Waals surface area (Å²) < 4.78 is 40.4. The predicted octanol–water partition coefficient (Wildman–Crippen LogP) is 3.11. The second-order valence-electron chi connectivity index (χ2n) is 5.92. The van der Waals surface area contributed by atoms with Crippen LogP contribution >= 0.6 is 0 Å². The normalized spacial score (nSPS) is 35.3. The van der Waals surface area contributed by atoms with E-state index in [4.69, 9.17) is 5.73 Å². The molecule has 0 amide bonds. The molecule has 0 aromatic rings. The highest BCUT2D eigenvalue weighted by Gasteiger charge is 2.49. The Hall–Kier alpha value is -0.290. The molecule has 2 bridgehead atoms. The number of rotatable bonds is 6. The van der Waals surface area contributed by atoms with Gasteiger partial charge in [-0.2, -0.15) is 13.2 Å². The van der Waals surface area contributed by atoms with Crippen molar-refractivity contribution in [3.63, 3.8) is 0 Å². The number of nitrogens with two attached hydrogens (primary N) is 1. The van der Waals surface area contributed by atoms with Gasteiger partial charge in [0.05, 0.1) is 0 Å². The van der Waals surface area contributed by atoms with Crippen LogP contribution in [0, 0.1) is 17.3 Å². The molecule has 2 nitrogen and oxygen atoms in total. The maximum absolute atomic E-state index is 11.9. The maximum atomic E-state index is 11.9. The van der Waals surface area contributed by atoms with Crippen molar-refractivity contribution in [3.8, 4) is 0 Å². The van der Waals surface area contributed by atoms with Crippen LogP contribution in [0.25, 0.3) is 0 Å². The Morgan fingerprint density at radius 1 is 1.28 bits per heavy atom. The molecule has 3 atom stereocenters. The van der Waals surface area contributed by atoms with Crippen molar-refractivity contribution in [2.24, 2.45) is 23.0 Å². The lowest BCUT2D eigenvalue weighted by molar-refractivity contribution is -0.174. The second kappa shape index (κ2) is 5.37. The van der Waals surface area contributed by atoms with E-state index in [1.807, 2.05) is 0 Å². The lowest BCUT2D eigenvalue weighted by Gasteiger charge is -2.37. The summed E-state index contributed by atoms with van der Waals surface area (Å²) in [6, 6.07) is 0. The third-order valence-electron chi connectivity index (χ3n) is 4.74. The fraction of sp³-hybridized carbons (Fsp3) is 1.00. The Balaban J connectivity index is 1.69. The van der Waals surface area contributed by atoms with Crippen LogP contribution in [-0.2, 0) is 4.74 Å². The Morgan fingerprint density at radius 3 is 2.56 bits per heavy atom. The number of hydrogen-bond acceptors (Lipinski definition) is 2. The van der Waals surface area contributed by atoms with Gasteiger partial charge in [0.2, 0.25) is 0 Å². The first-order valence-corrected chi connectivity index (χ1v) is 6.80. The first-order valence-electron chi connectivity index (χ1n) is 6.80. The van der Waals surface area contributed by atoms with Gasteiger partial charge in [0.1, 0.15) is 6.61 Å². The fourth-order valence-electron chi connectivity index (χ4n) is 3.93. The minimum Gasteiger partial charge on any atom is -0.372 e. The maximum Gasteiger partial charge on any atom is 0.411 e. The number of halogens is 3. The van der Waals surface area contributed by atoms with Gasteiger partial charge in [-0.15, -0.1) is 0 Å². The summed E-state index contributed by atoms with van der Waals surface area (Å²) >= 11 is 0. The van der Waals surface area contributed by atoms with Gasteiger partial charge in [0.15, 0.2) is 0 Å². The molecule has 2 saturated carbocycles. The van der Waals surface area contributed by atoms with Crippen molar-refractivity contribution in [1.29, 1.82) is 0 Å². The van der Waals surface area contributed by atoms with E-state index in [9.17, 15) is 13.2 Å². The molecule has 5 heteroatoms. The monoisotopic (exact) mass is 265 g/mol. The van der Waals surface area contributed by atoms with Crippen molar-refractivity contribution in [1.82, 2.24) is 0 Å². The summed E-state index contributed by atoms with van der Waals surface area (Å²) in [6.45, 7) is -0.263. The van der Waals surface area contributed by atoms with Crippen LogP contribution in [0.5, 0.6) is 0 Å². The number of ether oxygens (including phenoxy) is 1. The number of alkyl halides is 3. The Morgan fingerprint density at radius 2 is 2.06 bits per heavy atom. The summed E-state index contributed by atoms with van der Waals surface area (Å²) in [5, 5.41) is 0. The summed E-state index contributed by atoms with van der Waals surface area (Å²) in [5.41, 5.74) is 6.12. The van der Waals surface area contributed by atoms with Gasteiger partial charge in [-0.3, -0.25) is 0 Å². The molecule has 18 heavy (non-hydrogen) atoms. The van der Waals surface area contributed by atoms with Crippen LogP contribution in [0.3, 0.4) is 0 Å². The smallest absolute Gasteiger partial charge is 0.372 e. The minimum absolute atomic E-state index is 0.193. The molecular formula is C13H22F3NO. The van der Waals surface area contributed by atoms with Gasteiger partial charge in [-0.25, -0.2) is 0 Å². The average molecular weight is 265 g/mol. The lowest BCUT2D eigenvalue weighted by atomic mass is 9.70. The Bertz CT molecular complexity index is 282. The zero-order valence-corrected chi connectivity index (χ0v) is 10.6. The van der Waals surface area contributed by atoms with E-state index < -0.39 is 12.8 Å². The molecule has 0 spiro atoms. The van der Waals surface area contributed by atoms with E-state index in [0.29, 0.717) is 18.9 Å². The summed E-state index contributed by atoms with van der Waals surface area (Å²) in [7, 11) is 0. The van der Waals surface area contributed by atoms with Crippen LogP contribution in [0.1, 0.15) is 38.5 Å². The molecule has 2 aliphatic rings. The van der Waals surface area contributed by atoms with Crippen LogP contribution in [0.4, 0.5) is 13.2 Å². The molecule has 2 N–H and O–H groups in total. The topological polar surface area (TPSA) is 35.2 Å². The van der Waals surface area contributed by atoms with Crippen molar-refractivity contribution in [2.75, 3.05) is 19.8 Å². The van der Waals surface area contributed by atoms with Crippen LogP contribution in [0.15, 0.2) is 0 Å². The van der Waals surface area contributed by atoms with E-state index in [0.717, 1.165) is 12.3 Å². The van der Waals surface area contributed by atoms with E-state index in [1.165, 1.54) is 25.7 Å². The van der Waals surface area contributed by atoms with Crippen LogP contribution in [0.2, 0.25) is 0 Å². The zero-order chi connectivity index (χ0) is 13.2. The molecule has 0 aliphatic heterocycles. The largest absolute Gasteiger partial charge is 0.411 e. The quantitative estimate of drug-likeness (QED) is 0.749. The summed E-state index contributed by atoms with van der Waals surface area (Å²) in [6.07, 6.45) is 2.42. The third kappa shape index (κ3) is 3.18. The highest BCUT2D eigenvalue weighted by atomic mass is 19.4. The zero-order valence-electron chi connectivity index (χ0n) is 10.6. The van der Waals surface area contributed by atoms with Crippen LogP contribution in [-0.4, -0.2) is 25.9 Å². The van der Waals surface area contributed by atoms with Gasteiger partial charge in [0.25, 0.3) is 0 Å². The molecule has 0 heterocycles. The molecule has 0 aromatic heterocycles. The minimum atomic E-state index is -4.21. The number of fused-ring (bicyclic) bond motifs is 2. The molecule has 2 rings (SSSR count). The molecule has 0 aromatic carbocycles. The van der Waals surface area contributed by atoms with E-state index in [-0.39, 0.29) is 12.0 Å². The van der Waals surface area contributed by atoms with Gasteiger partial charge in [-0.05, 0) is 55.9 Å². The number of hydrogen-bond donors (Lipinski definition) is 1. The van der Waals surface area contributed by atoms with Gasteiger partial charge in [0, 0.05) is 6.61 Å². The van der Waals surface area contributed by atoms with Gasteiger partial charge in [-0.1, -0.05) is 6.42 Å². The third-order valence-corrected chi connectivity index (χ3v) is 4.74. The molecular weight excluding hydrogens is 243 g/mol. The average Bonchev–Trinajstić information content (AvgIpc) is 2.87. The van der Waals surface area contributed by atoms with E-state index in [2.05, 4.69) is 4.74 Å². The SMILES string of the molecule is NCC1(CCCOCC(F)(F)F)CC2CCC1C2. The fourth-order valence-corrected chi connectivity index (χ4v) is 3.93. The molecule has 0 saturated heterocycles. The van der Waals surface area contributed by atoms with Crippen molar-refractivity contribution >= 4 is 0 Å². The second-order valence-corrected chi connectivity index (χ2v) is 5.92. The highest BCUT2D eigenvalue weighted by molar-refractivity contribution is 5.00. The van der Waals surface area contributed by atoms with Gasteiger partial charge >= 0.3 is 6.18 Å². The first-order chi connectivity index (χ1) is 8.45. The Kier molecular flexibility index (Phi) is 4.22. The van der Waals surface area contributed by atoms with E-state index in [1.54, 1.807) is 0 Å². The lowest BCUT2D eigenvalue weighted by Crippen LogP contribution is -2.36. The molecule has 0 radical (unpaired) electrons. The summed E-state index contributed by atoms with van der Waals surface area (Å²) in [5.74, 6) is 1.52. The molecule has 106 valence electrons. The van der Waals surface area contributed by atoms with Crippen LogP contribution < -0.4 is 5.73 Å². The first kappa shape index (κ1) is 14.1. The van der Waals surface area contributed by atoms with E-state index >= 15 is 0 Å². The Labute approximate surface area is 106 Å². The standard InChI is InChI=1S/C13H22F3NO/c14-13(15,16)9-18-5-1-4-12(8-17)7-10-2-3-11(12)6-10/h10-11H,1-9,17H2. The molecule has 3 unspecified atom stereocenters. The summed E-state index contributed by atoms with van der Waals surface area (Å²) in [4.78, 5) is 0. The van der Waals surface area contributed by atoms with Gasteiger partial charge < -0.3 is 10.5 Å². The molecule has 2 aliphatic carbocycles. The highest BCUT2D eigenvalue weighted by Crippen LogP contribution is 2.57.